The first-order chi connectivity index (χ1) is 71.6. The van der Waals surface area contributed by atoms with Crippen LogP contribution in [0.3, 0.4) is 0 Å². The van der Waals surface area contributed by atoms with Gasteiger partial charge in [0, 0.05) is 72.8 Å². The van der Waals surface area contributed by atoms with Crippen LogP contribution in [0, 0.1) is 13.8 Å². The Hall–Kier alpha value is -12.3. The maximum absolute atomic E-state index is 2.69. The van der Waals surface area contributed by atoms with Gasteiger partial charge in [-0.3, -0.25) is 0 Å². The summed E-state index contributed by atoms with van der Waals surface area (Å²) < 4.78 is 0. The van der Waals surface area contributed by atoms with E-state index < -0.39 is 0 Å². The smallest absolute Gasteiger partial charge is 0.0467 e. The van der Waals surface area contributed by atoms with Gasteiger partial charge in [-0.15, -0.1) is 0 Å². The Bertz CT molecular complexity index is 7050. The summed E-state index contributed by atoms with van der Waals surface area (Å²) in [4.78, 5) is 7.74. The topological polar surface area (TPSA) is 9.72 Å². The molecule has 0 heterocycles. The molecule has 0 atom stereocenters. The molecule has 0 amide bonds. The molecule has 0 unspecified atom stereocenters. The molecule has 5 aliphatic rings. The van der Waals surface area contributed by atoms with E-state index in [1.165, 1.54) is 376 Å². The van der Waals surface area contributed by atoms with Crippen molar-refractivity contribution in [2.75, 3.05) is 14.7 Å². The maximum Gasteiger partial charge on any atom is 0.0467 e. The van der Waals surface area contributed by atoms with Gasteiger partial charge in [-0.05, 0) is 373 Å². The lowest BCUT2D eigenvalue weighted by Gasteiger charge is -2.35. The zero-order valence-electron chi connectivity index (χ0n) is 90.4. The molecule has 0 aliphatic heterocycles. The number of aryl methyl sites for hydroxylation is 4. The molecule has 5 aliphatic carbocycles. The molecule has 15 aromatic carbocycles. The third-order valence-electron chi connectivity index (χ3n) is 35.2. The highest BCUT2D eigenvalue weighted by molar-refractivity contribution is 5.94. The number of nitrogens with zero attached hydrogens (tertiary/aromatic N) is 3. The standard InChI is InChI=1S/C143H161N3/c1-13-21-27-43-84-141(85-44-28-22-14-2)132-58-41-39-56-123(132)128-79-70-117(99-138(128)141)144(111-51-35-33-36-52-111)114-67-76-120(102(11)90-114)108-64-73-125-126-74-65-109(95-136(126)143(135(125)94-108,88-47-31-25-17-5)89-48-32-26-18-6)121-77-68-115(91-103(121)12)146(113-55-49-50-105(93-113)107-63-61-104-60-62-106(104)92-107)116-69-78-122(131(97-116)101(9)10)110-66-75-127-130-81-72-118(98-137(130)140(82-19-7,83-20-8)134(127)96-110)145(112-53-37-34-38-54-112)119-71-80-129-124-57-40-42-59-133(124)142(139(129)100-119,86-45-29-23-15-3)87-46-30-24-16-4/h33-42,49-59,61,63-81,90-101H,13-32,43-48,60,62,82-89H2,1-12H3. The number of unbranched alkanes of at least 4 members (excludes halogenated alkanes) is 18. The molecule has 0 fully saturated rings. The van der Waals surface area contributed by atoms with Crippen LogP contribution in [0.4, 0.5) is 51.2 Å². The van der Waals surface area contributed by atoms with Crippen LogP contribution in [-0.4, -0.2) is 0 Å². The Kier molecular flexibility index (Phi) is 31.2. The summed E-state index contributed by atoms with van der Waals surface area (Å²) in [6.07, 6.45) is 43.8. The summed E-state index contributed by atoms with van der Waals surface area (Å²) in [7, 11) is 0. The zero-order valence-corrected chi connectivity index (χ0v) is 90.4. The second-order valence-corrected chi connectivity index (χ2v) is 44.9. The van der Waals surface area contributed by atoms with Crippen LogP contribution in [0.1, 0.15) is 366 Å². The second kappa shape index (κ2) is 45.2. The number of hydrogen-bond acceptors (Lipinski definition) is 3. The highest BCUT2D eigenvalue weighted by atomic mass is 15.2. The number of anilines is 9. The minimum Gasteiger partial charge on any atom is -0.310 e. The van der Waals surface area contributed by atoms with Crippen molar-refractivity contribution >= 4 is 51.2 Å². The van der Waals surface area contributed by atoms with Crippen LogP contribution >= 0.6 is 0 Å². The first-order valence-electron chi connectivity index (χ1n) is 57.8. The van der Waals surface area contributed by atoms with Crippen LogP contribution in [0.25, 0.3) is 89.0 Å². The van der Waals surface area contributed by atoms with Gasteiger partial charge in [0.1, 0.15) is 0 Å². The van der Waals surface area contributed by atoms with Gasteiger partial charge in [0.05, 0.1) is 0 Å². The maximum atomic E-state index is 2.69. The summed E-state index contributed by atoms with van der Waals surface area (Å²) in [5.74, 6) is 0.228. The lowest BCUT2D eigenvalue weighted by molar-refractivity contribution is 0.401. The van der Waals surface area contributed by atoms with E-state index in [4.69, 9.17) is 0 Å². The van der Waals surface area contributed by atoms with Crippen LogP contribution in [0.15, 0.2) is 315 Å². The predicted octanol–water partition coefficient (Wildman–Crippen LogP) is 43.1. The summed E-state index contributed by atoms with van der Waals surface area (Å²) in [5, 5.41) is 0. The van der Waals surface area contributed by atoms with Gasteiger partial charge in [0.15, 0.2) is 0 Å². The molecule has 3 heteroatoms. The van der Waals surface area contributed by atoms with Gasteiger partial charge in [0.2, 0.25) is 0 Å². The SMILES string of the molecule is CCCCCCC1(CCCCCC)c2cc(-c3ccc(N(c4cccc(-c5ccc6c(c5)CC6)c4)c4ccc(-c5ccc6c(c5)C(CCC)(CCC)c5cc(N(c7ccccc7)c7ccc8c(c7)C(CCCCCC)(CCCCCC)c7ccccc7-8)ccc5-6)c(C(C)C)c4)cc3C)ccc2-c2ccc(-c3ccc(N(c4ccccc4)c4ccc5c(c4)C(CCCCCC)(CCCCCC)c4ccccc4-5)cc3C)cc21. The van der Waals surface area contributed by atoms with Gasteiger partial charge in [-0.2, -0.15) is 0 Å². The lowest BCUT2D eigenvalue weighted by atomic mass is 9.70. The fraction of sp³-hybridized carbons (Fsp3) is 0.371. The summed E-state index contributed by atoms with van der Waals surface area (Å²) in [5.41, 5.74) is 51.2. The van der Waals surface area contributed by atoms with E-state index in [2.05, 4.69) is 413 Å². The van der Waals surface area contributed by atoms with E-state index in [-0.39, 0.29) is 27.6 Å². The minimum atomic E-state index is -0.185. The summed E-state index contributed by atoms with van der Waals surface area (Å²) in [6, 6.07) is 126. The largest absolute Gasteiger partial charge is 0.310 e. The van der Waals surface area contributed by atoms with Crippen molar-refractivity contribution in [3.05, 3.63) is 388 Å². The molecule has 0 saturated heterocycles. The molecule has 146 heavy (non-hydrogen) atoms. The molecule has 0 bridgehead atoms. The molecular weight excluding hydrogens is 1760 g/mol. The van der Waals surface area contributed by atoms with Crippen molar-refractivity contribution in [3.8, 4) is 89.0 Å². The Morgan fingerprint density at radius 2 is 0.473 bits per heavy atom. The Morgan fingerprint density at radius 3 is 0.829 bits per heavy atom. The van der Waals surface area contributed by atoms with E-state index >= 15 is 0 Å². The number of hydrogen-bond donors (Lipinski definition) is 0. The van der Waals surface area contributed by atoms with E-state index in [0.717, 1.165) is 56.3 Å². The van der Waals surface area contributed by atoms with Crippen LogP contribution in [-0.2, 0) is 34.5 Å². The average molecular weight is 1920 g/mol. The molecule has 0 saturated carbocycles. The number of benzene rings is 15. The second-order valence-electron chi connectivity index (χ2n) is 44.9. The van der Waals surface area contributed by atoms with Gasteiger partial charge < -0.3 is 14.7 Å². The first-order valence-corrected chi connectivity index (χ1v) is 57.8. The number of rotatable bonds is 48. The van der Waals surface area contributed by atoms with Crippen LogP contribution in [0.2, 0.25) is 0 Å². The van der Waals surface area contributed by atoms with Gasteiger partial charge in [-0.1, -0.05) is 424 Å². The van der Waals surface area contributed by atoms with Crippen molar-refractivity contribution in [1.82, 2.24) is 0 Å². The fourth-order valence-electron chi connectivity index (χ4n) is 27.8. The van der Waals surface area contributed by atoms with Crippen LogP contribution in [0.5, 0.6) is 0 Å². The average Bonchev–Trinajstić information content (AvgIpc) is 1.57. The van der Waals surface area contributed by atoms with Gasteiger partial charge >= 0.3 is 0 Å². The van der Waals surface area contributed by atoms with E-state index in [1.54, 1.807) is 11.1 Å². The summed E-state index contributed by atoms with van der Waals surface area (Å²) in [6.45, 7) is 28.6. The van der Waals surface area contributed by atoms with Gasteiger partial charge in [-0.25, -0.2) is 0 Å². The molecule has 0 radical (unpaired) electrons. The van der Waals surface area contributed by atoms with Crippen LogP contribution < -0.4 is 14.7 Å². The molecule has 0 aromatic heterocycles. The van der Waals surface area contributed by atoms with E-state index in [9.17, 15) is 0 Å². The molecule has 3 nitrogen and oxygen atoms in total. The Balaban J connectivity index is 0.647. The van der Waals surface area contributed by atoms with Crippen molar-refractivity contribution < 1.29 is 0 Å². The zero-order chi connectivity index (χ0) is 100. The Labute approximate surface area is 878 Å². The molecular formula is C143H161N3. The lowest BCUT2D eigenvalue weighted by Crippen LogP contribution is -2.26. The highest BCUT2D eigenvalue weighted by Crippen LogP contribution is 2.63. The van der Waals surface area contributed by atoms with Crippen molar-refractivity contribution in [2.24, 2.45) is 0 Å². The summed E-state index contributed by atoms with van der Waals surface area (Å²) >= 11 is 0. The third kappa shape index (κ3) is 19.4. The van der Waals surface area contributed by atoms with E-state index in [0.29, 0.717) is 0 Å². The number of fused-ring (bicyclic) bond motifs is 13. The molecule has 0 spiro atoms. The van der Waals surface area contributed by atoms with Gasteiger partial charge in [0.25, 0.3) is 0 Å². The monoisotopic (exact) mass is 1920 g/mol. The number of para-hydroxylation sites is 2. The molecule has 15 aromatic rings. The molecule has 0 N–H and O–H groups in total. The minimum absolute atomic E-state index is 0.0148. The molecule has 20 rings (SSSR count). The normalized spacial score (nSPS) is 14.1. The van der Waals surface area contributed by atoms with Crippen molar-refractivity contribution in [2.45, 2.75) is 342 Å². The third-order valence-corrected chi connectivity index (χ3v) is 35.2. The molecule has 748 valence electrons. The van der Waals surface area contributed by atoms with Crippen molar-refractivity contribution in [1.29, 1.82) is 0 Å². The predicted molar refractivity (Wildman–Crippen MR) is 630 cm³/mol. The Morgan fingerprint density at radius 1 is 0.192 bits per heavy atom. The fourth-order valence-corrected chi connectivity index (χ4v) is 27.8. The first kappa shape index (κ1) is 101. The van der Waals surface area contributed by atoms with E-state index in [1.807, 2.05) is 0 Å². The highest BCUT2D eigenvalue weighted by Gasteiger charge is 2.48. The van der Waals surface area contributed by atoms with Crippen molar-refractivity contribution in [3.63, 3.8) is 0 Å². The quantitative estimate of drug-likeness (QED) is 0.0352.